The number of amidine groups is 1. The number of carbonyl (C=O) groups excluding carboxylic acids is 1. The Morgan fingerprint density at radius 3 is 2.97 bits per heavy atom. The van der Waals surface area contributed by atoms with Crippen LogP contribution in [-0.2, 0) is 15.0 Å². The van der Waals surface area contributed by atoms with Gasteiger partial charge in [-0.15, -0.1) is 11.3 Å². The summed E-state index contributed by atoms with van der Waals surface area (Å²) in [4.78, 5) is 25.8. The normalized spacial score (nSPS) is 26.5. The van der Waals surface area contributed by atoms with Gasteiger partial charge in [0.05, 0.1) is 24.4 Å². The van der Waals surface area contributed by atoms with Gasteiger partial charge in [-0.3, -0.25) is 4.79 Å². The third kappa shape index (κ3) is 3.11. The molecule has 5 rings (SSSR count). The smallest absolute Gasteiger partial charge is 0.282 e. The first-order valence-corrected chi connectivity index (χ1v) is 10.7. The van der Waals surface area contributed by atoms with Crippen molar-refractivity contribution < 1.29 is 14.3 Å². The number of hydrogen-bond acceptors (Lipinski definition) is 9. The van der Waals surface area contributed by atoms with Gasteiger partial charge in [0, 0.05) is 17.5 Å². The van der Waals surface area contributed by atoms with Crippen molar-refractivity contribution in [2.24, 2.45) is 16.6 Å². The van der Waals surface area contributed by atoms with Gasteiger partial charge in [0.25, 0.3) is 11.9 Å². The molecule has 2 atom stereocenters. The first-order chi connectivity index (χ1) is 14.5. The summed E-state index contributed by atoms with van der Waals surface area (Å²) < 4.78 is 11.8. The van der Waals surface area contributed by atoms with Crippen LogP contribution in [0.2, 0.25) is 0 Å². The Balaban J connectivity index is 1.38. The van der Waals surface area contributed by atoms with Gasteiger partial charge < -0.3 is 20.5 Å². The highest BCUT2D eigenvalue weighted by Crippen LogP contribution is 2.53. The highest BCUT2D eigenvalue weighted by atomic mass is 32.1. The number of pyridine rings is 1. The summed E-state index contributed by atoms with van der Waals surface area (Å²) in [5, 5.41) is 14.1. The molecule has 2 aliphatic heterocycles. The van der Waals surface area contributed by atoms with Crippen molar-refractivity contribution in [3.8, 4) is 6.07 Å². The average molecular weight is 424 g/mol. The molecule has 2 fully saturated rings. The van der Waals surface area contributed by atoms with Crippen molar-refractivity contribution in [1.82, 2.24) is 9.97 Å². The van der Waals surface area contributed by atoms with Crippen LogP contribution < -0.4 is 11.1 Å². The number of ether oxygens (including phenoxy) is 2. The Morgan fingerprint density at radius 2 is 2.27 bits per heavy atom. The third-order valence-corrected chi connectivity index (χ3v) is 7.15. The molecule has 1 spiro atoms. The number of rotatable bonds is 3. The van der Waals surface area contributed by atoms with Crippen LogP contribution in [0.3, 0.4) is 0 Å². The standard InChI is InChI=1S/C20H20N6O3S/c21-7-12-2-3-14(23-8-12)16(27)24-15-10-30-17(25-15)20-11-29-19(4-1-5-19)6-13(20)9-28-18(22)26-20/h2-3,8,10,13H,1,4-6,9,11H2,(H2,22,26)(H,24,27). The van der Waals surface area contributed by atoms with Crippen LogP contribution in [0, 0.1) is 17.2 Å². The van der Waals surface area contributed by atoms with Gasteiger partial charge >= 0.3 is 0 Å². The second-order valence-corrected chi connectivity index (χ2v) is 8.81. The van der Waals surface area contributed by atoms with Crippen molar-refractivity contribution in [2.75, 3.05) is 18.5 Å². The quantitative estimate of drug-likeness (QED) is 0.770. The minimum atomic E-state index is -0.691. The lowest BCUT2D eigenvalue weighted by atomic mass is 9.67. The molecule has 4 heterocycles. The number of thiazole rings is 1. The summed E-state index contributed by atoms with van der Waals surface area (Å²) in [6, 6.07) is 5.17. The van der Waals surface area contributed by atoms with Gasteiger partial charge in [-0.25, -0.2) is 15.0 Å². The maximum absolute atomic E-state index is 12.5. The van der Waals surface area contributed by atoms with Crippen LogP contribution in [0.15, 0.2) is 28.7 Å². The van der Waals surface area contributed by atoms with Gasteiger partial charge in [-0.2, -0.15) is 5.26 Å². The second kappa shape index (κ2) is 7.04. The second-order valence-electron chi connectivity index (χ2n) is 7.95. The summed E-state index contributed by atoms with van der Waals surface area (Å²) in [5.74, 6) is 0.144. The zero-order chi connectivity index (χ0) is 20.8. The molecule has 10 heteroatoms. The molecule has 1 saturated heterocycles. The molecule has 1 saturated carbocycles. The van der Waals surface area contributed by atoms with Crippen LogP contribution >= 0.6 is 11.3 Å². The highest BCUT2D eigenvalue weighted by Gasteiger charge is 2.56. The molecule has 3 N–H and O–H groups in total. The molecule has 9 nitrogen and oxygen atoms in total. The van der Waals surface area contributed by atoms with E-state index in [1.165, 1.54) is 30.0 Å². The van der Waals surface area contributed by atoms with E-state index in [2.05, 4.69) is 20.3 Å². The van der Waals surface area contributed by atoms with Gasteiger partial charge in [0.1, 0.15) is 28.1 Å². The molecule has 154 valence electrons. The van der Waals surface area contributed by atoms with Gasteiger partial charge in [-0.1, -0.05) is 0 Å². The van der Waals surface area contributed by atoms with E-state index < -0.39 is 11.4 Å². The number of aliphatic imine (C=N–C) groups is 1. The van der Waals surface area contributed by atoms with Gasteiger partial charge in [-0.05, 0) is 37.8 Å². The number of aromatic nitrogens is 2. The molecular formula is C20H20N6O3S. The lowest BCUT2D eigenvalue weighted by Crippen LogP contribution is -2.58. The van der Waals surface area contributed by atoms with Crippen molar-refractivity contribution in [3.63, 3.8) is 0 Å². The monoisotopic (exact) mass is 424 g/mol. The van der Waals surface area contributed by atoms with Gasteiger partial charge in [0.2, 0.25) is 0 Å². The average Bonchev–Trinajstić information content (AvgIpc) is 3.21. The van der Waals surface area contributed by atoms with E-state index in [4.69, 9.17) is 20.5 Å². The first-order valence-electron chi connectivity index (χ1n) is 9.78. The van der Waals surface area contributed by atoms with E-state index in [1.54, 1.807) is 11.4 Å². The van der Waals surface area contributed by atoms with Crippen molar-refractivity contribution in [2.45, 2.75) is 36.8 Å². The number of hydrogen-bond donors (Lipinski definition) is 2. The molecule has 0 radical (unpaired) electrons. The number of carbonyl (C=O) groups is 1. The number of nitrogens with zero attached hydrogens (tertiary/aromatic N) is 4. The first kappa shape index (κ1) is 19.0. The minimum absolute atomic E-state index is 0.0608. The molecule has 0 bridgehead atoms. The van der Waals surface area contributed by atoms with Crippen molar-refractivity contribution >= 4 is 29.1 Å². The van der Waals surface area contributed by atoms with E-state index >= 15 is 0 Å². The molecule has 30 heavy (non-hydrogen) atoms. The molecule has 2 aromatic heterocycles. The van der Waals surface area contributed by atoms with Crippen LogP contribution in [0.4, 0.5) is 5.82 Å². The number of amides is 1. The highest BCUT2D eigenvalue weighted by molar-refractivity contribution is 7.10. The molecular weight excluding hydrogens is 404 g/mol. The maximum Gasteiger partial charge on any atom is 0.282 e. The Labute approximate surface area is 176 Å². The molecule has 1 amide bonds. The van der Waals surface area contributed by atoms with Crippen LogP contribution in [0.1, 0.15) is 46.7 Å². The zero-order valence-electron chi connectivity index (χ0n) is 16.1. The number of fused-ring (bicyclic) bond motifs is 1. The molecule has 2 unspecified atom stereocenters. The summed E-state index contributed by atoms with van der Waals surface area (Å²) in [5.41, 5.74) is 5.76. The van der Waals surface area contributed by atoms with E-state index in [1.807, 2.05) is 6.07 Å². The summed E-state index contributed by atoms with van der Waals surface area (Å²) in [6.45, 7) is 0.886. The zero-order valence-corrected chi connectivity index (χ0v) is 16.9. The number of nitrogens with one attached hydrogen (secondary N) is 1. The SMILES string of the molecule is N#Cc1ccc(C(=O)Nc2csc(C34COC5(CCC5)CC3COC(N)=N4)n2)nc1. The van der Waals surface area contributed by atoms with E-state index in [9.17, 15) is 4.79 Å². The van der Waals surface area contributed by atoms with Crippen LogP contribution in [-0.4, -0.2) is 40.7 Å². The molecule has 0 aromatic carbocycles. The summed E-state index contributed by atoms with van der Waals surface area (Å²) in [6.07, 6.45) is 5.54. The third-order valence-electron chi connectivity index (χ3n) is 6.14. The van der Waals surface area contributed by atoms with E-state index in [0.717, 1.165) is 24.3 Å². The van der Waals surface area contributed by atoms with Crippen molar-refractivity contribution in [3.05, 3.63) is 40.0 Å². The van der Waals surface area contributed by atoms with E-state index in [0.29, 0.717) is 24.6 Å². The Bertz CT molecular complexity index is 1060. The predicted molar refractivity (Wildman–Crippen MR) is 109 cm³/mol. The fourth-order valence-electron chi connectivity index (χ4n) is 4.30. The summed E-state index contributed by atoms with van der Waals surface area (Å²) >= 11 is 1.42. The number of nitriles is 1. The minimum Gasteiger partial charge on any atom is -0.465 e. The van der Waals surface area contributed by atoms with Crippen molar-refractivity contribution in [1.29, 1.82) is 5.26 Å². The van der Waals surface area contributed by atoms with Crippen LogP contribution in [0.25, 0.3) is 0 Å². The molecule has 3 aliphatic rings. The van der Waals surface area contributed by atoms with E-state index in [-0.39, 0.29) is 23.2 Å². The van der Waals surface area contributed by atoms with Gasteiger partial charge in [0.15, 0.2) is 0 Å². The maximum atomic E-state index is 12.5. The molecule has 2 aromatic rings. The number of nitrogens with two attached hydrogens (primary N) is 1. The topological polar surface area (TPSA) is 136 Å². The predicted octanol–water partition coefficient (Wildman–Crippen LogP) is 2.16. The lowest BCUT2D eigenvalue weighted by molar-refractivity contribution is -0.181. The molecule has 1 aliphatic carbocycles. The lowest BCUT2D eigenvalue weighted by Gasteiger charge is -2.53. The van der Waals surface area contributed by atoms with Crippen LogP contribution in [0.5, 0.6) is 0 Å². The Kier molecular flexibility index (Phi) is 4.45. The Hall–Kier alpha value is -3.03. The largest absolute Gasteiger partial charge is 0.465 e. The number of anilines is 1. The summed E-state index contributed by atoms with van der Waals surface area (Å²) in [7, 11) is 0. The fraction of sp³-hybridized carbons (Fsp3) is 0.450. The fourth-order valence-corrected chi connectivity index (χ4v) is 5.26. The Morgan fingerprint density at radius 1 is 1.40 bits per heavy atom.